The van der Waals surface area contributed by atoms with Crippen molar-refractivity contribution in [1.29, 1.82) is 0 Å². The number of carbonyl (C=O) groups excluding carboxylic acids is 1. The van der Waals surface area contributed by atoms with Crippen LogP contribution in [0.2, 0.25) is 0 Å². The van der Waals surface area contributed by atoms with E-state index < -0.39 is 0 Å². The summed E-state index contributed by atoms with van der Waals surface area (Å²) in [6.07, 6.45) is 1.69. The number of rotatable bonds is 4. The molecule has 0 aromatic heterocycles. The summed E-state index contributed by atoms with van der Waals surface area (Å²) in [4.78, 5) is 15.8. The van der Waals surface area contributed by atoms with Gasteiger partial charge in [-0.1, -0.05) is 30.3 Å². The maximum atomic E-state index is 11.3. The maximum Gasteiger partial charge on any atom is 0.314 e. The van der Waals surface area contributed by atoms with Crippen molar-refractivity contribution < 1.29 is 9.53 Å². The highest BCUT2D eigenvalue weighted by Crippen LogP contribution is 2.16. The van der Waals surface area contributed by atoms with Gasteiger partial charge in [0.15, 0.2) is 0 Å². The molecule has 90 valence electrons. The molecule has 0 spiro atoms. The number of ether oxygens (including phenoxy) is 1. The van der Waals surface area contributed by atoms with E-state index in [1.165, 1.54) is 5.56 Å². The molecule has 0 unspecified atom stereocenters. The first-order valence-electron chi connectivity index (χ1n) is 5.99. The minimum absolute atomic E-state index is 0.106. The second-order valence-corrected chi connectivity index (χ2v) is 4.27. The normalized spacial score (nSPS) is 20.4. The first-order valence-corrected chi connectivity index (χ1v) is 5.99. The Bertz CT molecular complexity index is 411. The van der Waals surface area contributed by atoms with Gasteiger partial charge >= 0.3 is 5.97 Å². The summed E-state index contributed by atoms with van der Waals surface area (Å²) >= 11 is 0. The lowest BCUT2D eigenvalue weighted by Gasteiger charge is -2.05. The molecule has 1 fully saturated rings. The van der Waals surface area contributed by atoms with Gasteiger partial charge < -0.3 is 4.74 Å². The van der Waals surface area contributed by atoms with Crippen molar-refractivity contribution in [2.45, 2.75) is 19.8 Å². The van der Waals surface area contributed by atoms with Crippen LogP contribution in [-0.4, -0.2) is 24.8 Å². The van der Waals surface area contributed by atoms with Crippen molar-refractivity contribution in [2.24, 2.45) is 10.9 Å². The zero-order valence-corrected chi connectivity index (χ0v) is 10.1. The van der Waals surface area contributed by atoms with Gasteiger partial charge in [0.05, 0.1) is 12.5 Å². The van der Waals surface area contributed by atoms with Crippen LogP contribution in [0.5, 0.6) is 0 Å². The van der Waals surface area contributed by atoms with E-state index in [0.29, 0.717) is 6.61 Å². The van der Waals surface area contributed by atoms with E-state index in [9.17, 15) is 4.79 Å². The average molecular weight is 231 g/mol. The van der Waals surface area contributed by atoms with Crippen LogP contribution >= 0.6 is 0 Å². The number of benzene rings is 1. The highest BCUT2D eigenvalue weighted by Gasteiger charge is 2.28. The minimum Gasteiger partial charge on any atom is -0.465 e. The Labute approximate surface area is 102 Å². The second kappa shape index (κ2) is 5.62. The van der Waals surface area contributed by atoms with E-state index >= 15 is 0 Å². The lowest BCUT2D eigenvalue weighted by atomic mass is 10.0. The summed E-state index contributed by atoms with van der Waals surface area (Å²) in [5.41, 5.74) is 2.18. The summed E-state index contributed by atoms with van der Waals surface area (Å²) in [6, 6.07) is 10.2. The molecule has 17 heavy (non-hydrogen) atoms. The van der Waals surface area contributed by atoms with Gasteiger partial charge in [-0.15, -0.1) is 0 Å². The quantitative estimate of drug-likeness (QED) is 0.589. The van der Waals surface area contributed by atoms with E-state index in [2.05, 4.69) is 17.1 Å². The number of hydrogen-bond donors (Lipinski definition) is 0. The molecule has 1 heterocycles. The fourth-order valence-electron chi connectivity index (χ4n) is 1.99. The van der Waals surface area contributed by atoms with Crippen LogP contribution in [0.4, 0.5) is 0 Å². The molecule has 2 rings (SSSR count). The molecule has 3 heteroatoms. The van der Waals surface area contributed by atoms with Crippen LogP contribution in [0.25, 0.3) is 0 Å². The summed E-state index contributed by atoms with van der Waals surface area (Å²) in [5.74, 6) is -0.225. The number of cyclic esters (lactones) is 1. The van der Waals surface area contributed by atoms with Crippen LogP contribution in [-0.2, 0) is 16.0 Å². The Balaban J connectivity index is 1.86. The number of hydrogen-bond acceptors (Lipinski definition) is 3. The first kappa shape index (κ1) is 11.8. The predicted octanol–water partition coefficient (Wildman–Crippen LogP) is 2.25. The molecule has 1 aliphatic rings. The third kappa shape index (κ3) is 3.16. The molecule has 1 aromatic rings. The van der Waals surface area contributed by atoms with Crippen molar-refractivity contribution in [3.05, 3.63) is 35.9 Å². The Morgan fingerprint density at radius 3 is 2.82 bits per heavy atom. The molecule has 0 aliphatic carbocycles. The third-order valence-electron chi connectivity index (χ3n) is 3.04. The monoisotopic (exact) mass is 231 g/mol. The van der Waals surface area contributed by atoms with Crippen molar-refractivity contribution in [1.82, 2.24) is 0 Å². The second-order valence-electron chi connectivity index (χ2n) is 4.27. The Morgan fingerprint density at radius 2 is 2.18 bits per heavy atom. The largest absolute Gasteiger partial charge is 0.465 e. The molecule has 1 atom stereocenters. The molecular weight excluding hydrogens is 214 g/mol. The van der Waals surface area contributed by atoms with Crippen LogP contribution in [0.3, 0.4) is 0 Å². The minimum atomic E-state index is -0.119. The molecule has 0 bridgehead atoms. The Morgan fingerprint density at radius 1 is 1.41 bits per heavy atom. The van der Waals surface area contributed by atoms with Crippen LogP contribution in [0.1, 0.15) is 18.9 Å². The van der Waals surface area contributed by atoms with Gasteiger partial charge in [-0.05, 0) is 18.9 Å². The van der Waals surface area contributed by atoms with E-state index in [4.69, 9.17) is 4.74 Å². The van der Waals surface area contributed by atoms with Gasteiger partial charge in [-0.2, -0.15) is 0 Å². The van der Waals surface area contributed by atoms with Crippen molar-refractivity contribution >= 4 is 11.7 Å². The lowest BCUT2D eigenvalue weighted by molar-refractivity contribution is -0.139. The average Bonchev–Trinajstić information content (AvgIpc) is 2.77. The van der Waals surface area contributed by atoms with Gasteiger partial charge in [-0.25, -0.2) is 0 Å². The SMILES string of the molecule is CC(=NCCc1ccccc1)[C@H]1CCOC1=O. The summed E-state index contributed by atoms with van der Waals surface area (Å²) in [6.45, 7) is 3.19. The van der Waals surface area contributed by atoms with E-state index in [-0.39, 0.29) is 11.9 Å². The number of aliphatic imine (C=N–C) groups is 1. The van der Waals surface area contributed by atoms with Crippen molar-refractivity contribution in [3.8, 4) is 0 Å². The molecule has 0 N–H and O–H groups in total. The van der Waals surface area contributed by atoms with Crippen LogP contribution < -0.4 is 0 Å². The van der Waals surface area contributed by atoms with E-state index in [1.807, 2.05) is 25.1 Å². The van der Waals surface area contributed by atoms with Crippen molar-refractivity contribution in [3.63, 3.8) is 0 Å². The highest BCUT2D eigenvalue weighted by molar-refractivity contribution is 6.01. The van der Waals surface area contributed by atoms with Gasteiger partial charge in [0.25, 0.3) is 0 Å². The van der Waals surface area contributed by atoms with Crippen LogP contribution in [0.15, 0.2) is 35.3 Å². The smallest absolute Gasteiger partial charge is 0.314 e. The summed E-state index contributed by atoms with van der Waals surface area (Å²) in [7, 11) is 0. The molecule has 0 radical (unpaired) electrons. The zero-order chi connectivity index (χ0) is 12.1. The molecule has 1 aromatic carbocycles. The highest BCUT2D eigenvalue weighted by atomic mass is 16.5. The molecule has 3 nitrogen and oxygen atoms in total. The summed E-state index contributed by atoms with van der Waals surface area (Å²) in [5, 5.41) is 0. The fraction of sp³-hybridized carbons (Fsp3) is 0.429. The Hall–Kier alpha value is -1.64. The maximum absolute atomic E-state index is 11.3. The van der Waals surface area contributed by atoms with E-state index in [0.717, 1.165) is 25.1 Å². The van der Waals surface area contributed by atoms with Gasteiger partial charge in [0.1, 0.15) is 0 Å². The lowest BCUT2D eigenvalue weighted by Crippen LogP contribution is -2.17. The third-order valence-corrected chi connectivity index (χ3v) is 3.04. The number of esters is 1. The summed E-state index contributed by atoms with van der Waals surface area (Å²) < 4.78 is 4.93. The van der Waals surface area contributed by atoms with E-state index in [1.54, 1.807) is 0 Å². The van der Waals surface area contributed by atoms with Gasteiger partial charge in [-0.3, -0.25) is 9.79 Å². The fourth-order valence-corrected chi connectivity index (χ4v) is 1.99. The molecule has 1 aliphatic heterocycles. The standard InChI is InChI=1S/C14H17NO2/c1-11(13-8-10-17-14(13)16)15-9-7-12-5-3-2-4-6-12/h2-6,13H,7-10H2,1H3/t13-/m1/s1. The molecular formula is C14H17NO2. The first-order chi connectivity index (χ1) is 8.27. The number of carbonyl (C=O) groups is 1. The molecule has 0 saturated carbocycles. The Kier molecular flexibility index (Phi) is 3.91. The van der Waals surface area contributed by atoms with Crippen LogP contribution in [0, 0.1) is 5.92 Å². The van der Waals surface area contributed by atoms with Gasteiger partial charge in [0.2, 0.25) is 0 Å². The molecule has 1 saturated heterocycles. The van der Waals surface area contributed by atoms with Gasteiger partial charge in [0, 0.05) is 18.7 Å². The predicted molar refractivity (Wildman–Crippen MR) is 67.2 cm³/mol. The van der Waals surface area contributed by atoms with Crippen molar-refractivity contribution in [2.75, 3.05) is 13.2 Å². The zero-order valence-electron chi connectivity index (χ0n) is 10.1. The topological polar surface area (TPSA) is 38.7 Å². The molecule has 0 amide bonds. The number of nitrogens with zero attached hydrogens (tertiary/aromatic N) is 1.